The van der Waals surface area contributed by atoms with Gasteiger partial charge in [0.05, 0.1) is 32.0 Å². The summed E-state index contributed by atoms with van der Waals surface area (Å²) in [4.78, 5) is 0. The van der Waals surface area contributed by atoms with Gasteiger partial charge in [0, 0.05) is 13.2 Å². The average Bonchev–Trinajstić information content (AvgIpc) is 2.28. The molecule has 0 aromatic heterocycles. The maximum Gasteiger partial charge on any atom is 0.0897 e. The molecule has 0 spiro atoms. The van der Waals surface area contributed by atoms with Crippen molar-refractivity contribution in [2.24, 2.45) is 0 Å². The van der Waals surface area contributed by atoms with E-state index in [4.69, 9.17) is 14.6 Å². The third kappa shape index (κ3) is 13.7. The molecule has 0 saturated heterocycles. The van der Waals surface area contributed by atoms with Gasteiger partial charge >= 0.3 is 0 Å². The number of ether oxygens (including phenoxy) is 2. The maximum absolute atomic E-state index is 9.54. The first-order valence-corrected chi connectivity index (χ1v) is 6.39. The van der Waals surface area contributed by atoms with Crippen LogP contribution < -0.4 is 5.32 Å². The van der Waals surface area contributed by atoms with E-state index < -0.39 is 6.10 Å². The Hall–Kier alpha value is -0.200. The molecule has 0 aliphatic heterocycles. The zero-order valence-corrected chi connectivity index (χ0v) is 11.0. The second-order valence-electron chi connectivity index (χ2n) is 4.12. The number of hydrogen-bond acceptors (Lipinski definition) is 5. The molecule has 0 saturated carbocycles. The average molecular weight is 249 g/mol. The predicted molar refractivity (Wildman–Crippen MR) is 67.1 cm³/mol. The first-order chi connectivity index (χ1) is 8.16. The molecule has 0 heterocycles. The quantitative estimate of drug-likeness (QED) is 0.430. The Morgan fingerprint density at radius 2 is 1.88 bits per heavy atom. The summed E-state index contributed by atoms with van der Waals surface area (Å²) in [5, 5.41) is 21.7. The van der Waals surface area contributed by atoms with Crippen LogP contribution in [0.25, 0.3) is 0 Å². The fraction of sp³-hybridized carbons (Fsp3) is 1.00. The van der Waals surface area contributed by atoms with E-state index >= 15 is 0 Å². The van der Waals surface area contributed by atoms with Crippen molar-refractivity contribution in [3.8, 4) is 0 Å². The topological polar surface area (TPSA) is 71.0 Å². The largest absolute Gasteiger partial charge is 0.393 e. The van der Waals surface area contributed by atoms with Gasteiger partial charge in [0.2, 0.25) is 0 Å². The number of hydrogen-bond donors (Lipinski definition) is 3. The second kappa shape index (κ2) is 12.3. The van der Waals surface area contributed by atoms with Crippen molar-refractivity contribution in [2.45, 2.75) is 38.9 Å². The van der Waals surface area contributed by atoms with Crippen LogP contribution in [0.2, 0.25) is 0 Å². The molecule has 0 aliphatic carbocycles. The first kappa shape index (κ1) is 16.8. The fourth-order valence-corrected chi connectivity index (χ4v) is 1.33. The molecule has 3 N–H and O–H groups in total. The van der Waals surface area contributed by atoms with Crippen molar-refractivity contribution in [1.29, 1.82) is 0 Å². The van der Waals surface area contributed by atoms with Crippen molar-refractivity contribution in [2.75, 3.05) is 39.5 Å². The van der Waals surface area contributed by atoms with Crippen LogP contribution in [0.15, 0.2) is 0 Å². The summed E-state index contributed by atoms with van der Waals surface area (Å²) in [6, 6.07) is 0. The van der Waals surface area contributed by atoms with E-state index in [1.54, 1.807) is 6.92 Å². The number of aliphatic hydroxyl groups excluding tert-OH is 2. The Morgan fingerprint density at radius 3 is 2.53 bits per heavy atom. The van der Waals surface area contributed by atoms with E-state index in [1.165, 1.54) is 0 Å². The maximum atomic E-state index is 9.54. The Labute approximate surface area is 104 Å². The molecule has 0 aromatic rings. The first-order valence-electron chi connectivity index (χ1n) is 6.39. The molecule has 0 radical (unpaired) electrons. The lowest BCUT2D eigenvalue weighted by molar-refractivity contribution is 0.00651. The predicted octanol–water partition coefficient (Wildman–Crippen LogP) is 0.151. The van der Waals surface area contributed by atoms with Gasteiger partial charge in [0.25, 0.3) is 0 Å². The van der Waals surface area contributed by atoms with Crippen LogP contribution in [-0.2, 0) is 9.47 Å². The minimum absolute atomic E-state index is 0.247. The Balaban J connectivity index is 3.14. The third-order valence-corrected chi connectivity index (χ3v) is 2.24. The highest BCUT2D eigenvalue weighted by atomic mass is 16.5. The lowest BCUT2D eigenvalue weighted by atomic mass is 10.2. The lowest BCUT2D eigenvalue weighted by Gasteiger charge is -2.12. The van der Waals surface area contributed by atoms with Crippen LogP contribution >= 0.6 is 0 Å². The van der Waals surface area contributed by atoms with E-state index in [-0.39, 0.29) is 6.10 Å². The van der Waals surface area contributed by atoms with Crippen LogP contribution in [0.3, 0.4) is 0 Å². The molecule has 17 heavy (non-hydrogen) atoms. The van der Waals surface area contributed by atoms with Gasteiger partial charge in [-0.15, -0.1) is 0 Å². The van der Waals surface area contributed by atoms with Crippen molar-refractivity contribution in [1.82, 2.24) is 5.32 Å². The van der Waals surface area contributed by atoms with Crippen LogP contribution in [0.5, 0.6) is 0 Å². The van der Waals surface area contributed by atoms with Gasteiger partial charge in [-0.25, -0.2) is 0 Å². The fourth-order valence-electron chi connectivity index (χ4n) is 1.33. The molecule has 0 aliphatic rings. The zero-order chi connectivity index (χ0) is 12.9. The highest BCUT2D eigenvalue weighted by molar-refractivity contribution is 4.59. The van der Waals surface area contributed by atoms with E-state index in [9.17, 15) is 5.11 Å². The Bertz CT molecular complexity index is 155. The zero-order valence-electron chi connectivity index (χ0n) is 11.0. The van der Waals surface area contributed by atoms with Crippen molar-refractivity contribution in [3.05, 3.63) is 0 Å². The van der Waals surface area contributed by atoms with Crippen LogP contribution in [0.1, 0.15) is 26.7 Å². The molecule has 0 rings (SSSR count). The van der Waals surface area contributed by atoms with Gasteiger partial charge in [-0.05, 0) is 33.2 Å². The smallest absolute Gasteiger partial charge is 0.0897 e. The highest BCUT2D eigenvalue weighted by Gasteiger charge is 2.03. The number of nitrogens with one attached hydrogen (secondary N) is 1. The highest BCUT2D eigenvalue weighted by Crippen LogP contribution is 1.93. The van der Waals surface area contributed by atoms with Gasteiger partial charge in [0.1, 0.15) is 0 Å². The van der Waals surface area contributed by atoms with E-state index in [0.29, 0.717) is 33.0 Å². The summed E-state index contributed by atoms with van der Waals surface area (Å²) in [5.74, 6) is 0. The van der Waals surface area contributed by atoms with E-state index in [2.05, 4.69) is 5.32 Å². The molecule has 0 amide bonds. The van der Waals surface area contributed by atoms with Gasteiger partial charge in [-0.3, -0.25) is 0 Å². The lowest BCUT2D eigenvalue weighted by Crippen LogP contribution is -2.31. The summed E-state index contributed by atoms with van der Waals surface area (Å²) in [6.45, 7) is 7.16. The van der Waals surface area contributed by atoms with Gasteiger partial charge in [-0.1, -0.05) is 0 Å². The summed E-state index contributed by atoms with van der Waals surface area (Å²) in [7, 11) is 0. The van der Waals surface area contributed by atoms with Crippen molar-refractivity contribution in [3.63, 3.8) is 0 Å². The number of rotatable bonds is 12. The van der Waals surface area contributed by atoms with Crippen molar-refractivity contribution >= 4 is 0 Å². The SMILES string of the molecule is CCOCCOCC(O)CNCCCC(C)O. The molecule has 2 unspecified atom stereocenters. The molecule has 0 bridgehead atoms. The van der Waals surface area contributed by atoms with E-state index in [1.807, 2.05) is 6.92 Å². The molecule has 5 heteroatoms. The third-order valence-electron chi connectivity index (χ3n) is 2.24. The Kier molecular flexibility index (Phi) is 12.1. The summed E-state index contributed by atoms with van der Waals surface area (Å²) < 4.78 is 10.3. The molecule has 104 valence electrons. The summed E-state index contributed by atoms with van der Waals surface area (Å²) in [5.41, 5.74) is 0. The summed E-state index contributed by atoms with van der Waals surface area (Å²) in [6.07, 6.45) is 0.968. The summed E-state index contributed by atoms with van der Waals surface area (Å²) >= 11 is 0. The van der Waals surface area contributed by atoms with Gasteiger partial charge in [-0.2, -0.15) is 0 Å². The molecular weight excluding hydrogens is 222 g/mol. The van der Waals surface area contributed by atoms with Gasteiger partial charge < -0.3 is 25.0 Å². The number of aliphatic hydroxyl groups is 2. The Morgan fingerprint density at radius 1 is 1.18 bits per heavy atom. The standard InChI is InChI=1S/C12H27NO4/c1-3-16-7-8-17-10-12(15)9-13-6-4-5-11(2)14/h11-15H,3-10H2,1-2H3. The second-order valence-corrected chi connectivity index (χ2v) is 4.12. The molecule has 0 fully saturated rings. The van der Waals surface area contributed by atoms with Crippen LogP contribution in [0, 0.1) is 0 Å². The normalized spacial score (nSPS) is 14.8. The van der Waals surface area contributed by atoms with E-state index in [0.717, 1.165) is 19.4 Å². The molecule has 0 aromatic carbocycles. The monoisotopic (exact) mass is 249 g/mol. The molecular formula is C12H27NO4. The van der Waals surface area contributed by atoms with Crippen LogP contribution in [0.4, 0.5) is 0 Å². The van der Waals surface area contributed by atoms with Gasteiger partial charge in [0.15, 0.2) is 0 Å². The molecule has 2 atom stereocenters. The minimum Gasteiger partial charge on any atom is -0.393 e. The molecule has 5 nitrogen and oxygen atoms in total. The van der Waals surface area contributed by atoms with Crippen molar-refractivity contribution < 1.29 is 19.7 Å². The minimum atomic E-state index is -0.483. The van der Waals surface area contributed by atoms with Crippen LogP contribution in [-0.4, -0.2) is 61.9 Å².